The number of piperazine rings is 1. The predicted octanol–water partition coefficient (Wildman–Crippen LogP) is 1.59. The van der Waals surface area contributed by atoms with Crippen molar-refractivity contribution in [3.05, 3.63) is 29.3 Å². The van der Waals surface area contributed by atoms with E-state index in [4.69, 9.17) is 5.73 Å². The lowest BCUT2D eigenvalue weighted by Gasteiger charge is -2.41. The maximum Gasteiger partial charge on any atom is 0.0444 e. The van der Waals surface area contributed by atoms with Crippen LogP contribution in [0.25, 0.3) is 0 Å². The molecule has 94 valence electrons. The number of rotatable bonds is 2. The minimum absolute atomic E-state index is 0.556. The van der Waals surface area contributed by atoms with Gasteiger partial charge < -0.3 is 15.5 Å². The van der Waals surface area contributed by atoms with Gasteiger partial charge in [-0.15, -0.1) is 0 Å². The molecule has 0 radical (unpaired) electrons. The number of likely N-dealkylation sites (N-methyl/N-ethyl adjacent to an activating group) is 1. The molecule has 1 atom stereocenters. The molecule has 0 aromatic heterocycles. The lowest BCUT2D eigenvalue weighted by atomic mass is 10.0. The summed E-state index contributed by atoms with van der Waals surface area (Å²) in [6.45, 7) is 8.44. The Balaban J connectivity index is 2.33. The zero-order chi connectivity index (χ0) is 12.4. The lowest BCUT2D eigenvalue weighted by molar-refractivity contribution is 0.275. The summed E-state index contributed by atoms with van der Waals surface area (Å²) < 4.78 is 0. The monoisotopic (exact) mass is 233 g/mol. The van der Waals surface area contributed by atoms with Crippen LogP contribution in [0.5, 0.6) is 0 Å². The van der Waals surface area contributed by atoms with Gasteiger partial charge in [0.2, 0.25) is 0 Å². The summed E-state index contributed by atoms with van der Waals surface area (Å²) in [6.07, 6.45) is 0. The van der Waals surface area contributed by atoms with Crippen LogP contribution in [0.15, 0.2) is 18.2 Å². The summed E-state index contributed by atoms with van der Waals surface area (Å²) in [4.78, 5) is 4.90. The summed E-state index contributed by atoms with van der Waals surface area (Å²) >= 11 is 0. The molecule has 2 rings (SSSR count). The number of benzene rings is 1. The Bertz CT molecular complexity index is 389. The Hall–Kier alpha value is -1.06. The first-order chi connectivity index (χ1) is 8.13. The molecule has 0 spiro atoms. The maximum absolute atomic E-state index is 5.86. The standard InChI is InChI=1S/C14H23N3/c1-11-5-4-6-13(9-15)14(11)17-8-7-16(3)10-12(17)2/h4-6,12H,7-10,15H2,1-3H3. The molecule has 0 amide bonds. The summed E-state index contributed by atoms with van der Waals surface area (Å²) in [7, 11) is 2.19. The van der Waals surface area contributed by atoms with Crippen molar-refractivity contribution in [2.75, 3.05) is 31.6 Å². The Morgan fingerprint density at radius 3 is 2.76 bits per heavy atom. The topological polar surface area (TPSA) is 32.5 Å². The van der Waals surface area contributed by atoms with Gasteiger partial charge in [0.05, 0.1) is 0 Å². The first kappa shape index (κ1) is 12.4. The average Bonchev–Trinajstić information content (AvgIpc) is 2.30. The van der Waals surface area contributed by atoms with E-state index in [-0.39, 0.29) is 0 Å². The minimum atomic E-state index is 0.556. The second kappa shape index (κ2) is 5.07. The van der Waals surface area contributed by atoms with E-state index in [1.54, 1.807) is 0 Å². The summed E-state index contributed by atoms with van der Waals surface area (Å²) in [6, 6.07) is 6.98. The number of nitrogens with zero attached hydrogens (tertiary/aromatic N) is 2. The third-order valence-corrected chi connectivity index (χ3v) is 3.66. The number of nitrogens with two attached hydrogens (primary N) is 1. The van der Waals surface area contributed by atoms with Gasteiger partial charge in [0, 0.05) is 37.9 Å². The second-order valence-corrected chi connectivity index (χ2v) is 5.09. The predicted molar refractivity (Wildman–Crippen MR) is 73.4 cm³/mol. The van der Waals surface area contributed by atoms with Crippen molar-refractivity contribution in [3.8, 4) is 0 Å². The van der Waals surface area contributed by atoms with Gasteiger partial charge in [-0.3, -0.25) is 0 Å². The molecule has 0 saturated carbocycles. The molecule has 1 unspecified atom stereocenters. The van der Waals surface area contributed by atoms with E-state index in [1.807, 2.05) is 0 Å². The molecule has 1 heterocycles. The number of hydrogen-bond donors (Lipinski definition) is 1. The zero-order valence-corrected chi connectivity index (χ0v) is 11.1. The Morgan fingerprint density at radius 2 is 2.12 bits per heavy atom. The van der Waals surface area contributed by atoms with Gasteiger partial charge in [0.25, 0.3) is 0 Å². The molecule has 1 aliphatic rings. The Kier molecular flexibility index (Phi) is 3.69. The van der Waals surface area contributed by atoms with Crippen LogP contribution in [0, 0.1) is 6.92 Å². The normalized spacial score (nSPS) is 21.9. The van der Waals surface area contributed by atoms with E-state index < -0.39 is 0 Å². The number of aryl methyl sites for hydroxylation is 1. The van der Waals surface area contributed by atoms with E-state index in [2.05, 4.69) is 48.9 Å². The summed E-state index contributed by atoms with van der Waals surface area (Å²) in [5, 5.41) is 0. The van der Waals surface area contributed by atoms with Crippen LogP contribution < -0.4 is 10.6 Å². The van der Waals surface area contributed by atoms with Crippen LogP contribution in [0.3, 0.4) is 0 Å². The van der Waals surface area contributed by atoms with Gasteiger partial charge >= 0.3 is 0 Å². The van der Waals surface area contributed by atoms with Gasteiger partial charge in [-0.1, -0.05) is 18.2 Å². The first-order valence-corrected chi connectivity index (χ1v) is 6.37. The van der Waals surface area contributed by atoms with Gasteiger partial charge in [0.1, 0.15) is 0 Å². The van der Waals surface area contributed by atoms with E-state index in [0.717, 1.165) is 19.6 Å². The van der Waals surface area contributed by atoms with Gasteiger partial charge in [-0.05, 0) is 32.0 Å². The Morgan fingerprint density at radius 1 is 1.35 bits per heavy atom. The van der Waals surface area contributed by atoms with Crippen molar-refractivity contribution in [1.29, 1.82) is 0 Å². The van der Waals surface area contributed by atoms with Crippen LogP contribution >= 0.6 is 0 Å². The Labute approximate surface area is 104 Å². The fraction of sp³-hybridized carbons (Fsp3) is 0.571. The van der Waals surface area contributed by atoms with Crippen molar-refractivity contribution in [1.82, 2.24) is 4.90 Å². The maximum atomic E-state index is 5.86. The van der Waals surface area contributed by atoms with E-state index in [1.165, 1.54) is 16.8 Å². The molecule has 2 N–H and O–H groups in total. The molecule has 17 heavy (non-hydrogen) atoms. The van der Waals surface area contributed by atoms with E-state index >= 15 is 0 Å². The van der Waals surface area contributed by atoms with Crippen LogP contribution in [-0.2, 0) is 6.54 Å². The molecule has 1 fully saturated rings. The quantitative estimate of drug-likeness (QED) is 0.842. The number of hydrogen-bond acceptors (Lipinski definition) is 3. The second-order valence-electron chi connectivity index (χ2n) is 5.09. The largest absolute Gasteiger partial charge is 0.366 e. The molecule has 0 bridgehead atoms. The van der Waals surface area contributed by atoms with E-state index in [9.17, 15) is 0 Å². The van der Waals surface area contributed by atoms with Crippen molar-refractivity contribution in [3.63, 3.8) is 0 Å². The van der Waals surface area contributed by atoms with Crippen LogP contribution in [0.1, 0.15) is 18.1 Å². The van der Waals surface area contributed by atoms with Gasteiger partial charge in [-0.25, -0.2) is 0 Å². The van der Waals surface area contributed by atoms with Crippen molar-refractivity contribution in [2.24, 2.45) is 5.73 Å². The van der Waals surface area contributed by atoms with Gasteiger partial charge in [0.15, 0.2) is 0 Å². The smallest absolute Gasteiger partial charge is 0.0444 e. The molecule has 1 aromatic carbocycles. The van der Waals surface area contributed by atoms with Gasteiger partial charge in [-0.2, -0.15) is 0 Å². The van der Waals surface area contributed by atoms with E-state index in [0.29, 0.717) is 12.6 Å². The highest BCUT2D eigenvalue weighted by Crippen LogP contribution is 2.28. The SMILES string of the molecule is Cc1cccc(CN)c1N1CCN(C)CC1C. The molecular weight excluding hydrogens is 210 g/mol. The minimum Gasteiger partial charge on any atom is -0.366 e. The van der Waals surface area contributed by atoms with Crippen molar-refractivity contribution in [2.45, 2.75) is 26.4 Å². The fourth-order valence-electron chi connectivity index (χ4n) is 2.77. The molecular formula is C14H23N3. The van der Waals surface area contributed by atoms with Crippen LogP contribution in [-0.4, -0.2) is 37.6 Å². The third-order valence-electron chi connectivity index (χ3n) is 3.66. The summed E-state index contributed by atoms with van der Waals surface area (Å²) in [5.41, 5.74) is 9.82. The fourth-order valence-corrected chi connectivity index (χ4v) is 2.77. The molecule has 1 aliphatic heterocycles. The summed E-state index contributed by atoms with van der Waals surface area (Å²) in [5.74, 6) is 0. The lowest BCUT2D eigenvalue weighted by Crippen LogP contribution is -2.51. The van der Waals surface area contributed by atoms with Crippen LogP contribution in [0.2, 0.25) is 0 Å². The highest BCUT2D eigenvalue weighted by Gasteiger charge is 2.24. The molecule has 3 heteroatoms. The number of para-hydroxylation sites is 1. The molecule has 1 aromatic rings. The van der Waals surface area contributed by atoms with Crippen LogP contribution in [0.4, 0.5) is 5.69 Å². The van der Waals surface area contributed by atoms with Crippen molar-refractivity contribution >= 4 is 5.69 Å². The molecule has 3 nitrogen and oxygen atoms in total. The highest BCUT2D eigenvalue weighted by molar-refractivity contribution is 5.60. The van der Waals surface area contributed by atoms with Crippen molar-refractivity contribution < 1.29 is 0 Å². The average molecular weight is 233 g/mol. The molecule has 1 saturated heterocycles. The first-order valence-electron chi connectivity index (χ1n) is 6.37. The molecule has 0 aliphatic carbocycles. The number of anilines is 1. The third kappa shape index (κ3) is 2.45. The zero-order valence-electron chi connectivity index (χ0n) is 11.1. The highest BCUT2D eigenvalue weighted by atomic mass is 15.3.